The van der Waals surface area contributed by atoms with E-state index in [1.54, 1.807) is 0 Å². The van der Waals surface area contributed by atoms with Gasteiger partial charge in [-0.2, -0.15) is 5.26 Å². The van der Waals surface area contributed by atoms with E-state index >= 15 is 0 Å². The predicted molar refractivity (Wildman–Crippen MR) is 60.5 cm³/mol. The van der Waals surface area contributed by atoms with Gasteiger partial charge in [0.1, 0.15) is 6.10 Å². The summed E-state index contributed by atoms with van der Waals surface area (Å²) in [4.78, 5) is 10.8. The van der Waals surface area contributed by atoms with Gasteiger partial charge in [0.25, 0.3) is 0 Å². The van der Waals surface area contributed by atoms with Gasteiger partial charge in [0, 0.05) is 6.92 Å². The first kappa shape index (κ1) is 12.3. The van der Waals surface area contributed by atoms with Gasteiger partial charge < -0.3 is 4.74 Å². The van der Waals surface area contributed by atoms with Crippen molar-refractivity contribution in [3.63, 3.8) is 0 Å². The van der Waals surface area contributed by atoms with Crippen LogP contribution in [0.2, 0.25) is 0 Å². The zero-order valence-electron chi connectivity index (χ0n) is 9.35. The van der Waals surface area contributed by atoms with Crippen LogP contribution in [0.15, 0.2) is 30.3 Å². The molecule has 0 aliphatic heterocycles. The molecule has 0 aliphatic rings. The quantitative estimate of drug-likeness (QED) is 0.712. The fraction of sp³-hybridized carbons (Fsp3) is 0.385. The highest BCUT2D eigenvalue weighted by Crippen LogP contribution is 2.10. The summed E-state index contributed by atoms with van der Waals surface area (Å²) < 4.78 is 5.05. The topological polar surface area (TPSA) is 50.1 Å². The second-order valence-electron chi connectivity index (χ2n) is 3.62. The lowest BCUT2D eigenvalue weighted by molar-refractivity contribution is -0.146. The van der Waals surface area contributed by atoms with Crippen LogP contribution in [0, 0.1) is 11.3 Å². The summed E-state index contributed by atoms with van der Waals surface area (Å²) in [6, 6.07) is 12.0. The van der Waals surface area contributed by atoms with Crippen LogP contribution in [0.4, 0.5) is 0 Å². The van der Waals surface area contributed by atoms with E-state index in [-0.39, 0.29) is 18.5 Å². The van der Waals surface area contributed by atoms with Crippen LogP contribution < -0.4 is 0 Å². The maximum atomic E-state index is 10.8. The van der Waals surface area contributed by atoms with Crippen molar-refractivity contribution in [2.75, 3.05) is 0 Å². The average Bonchev–Trinajstić information content (AvgIpc) is 2.27. The molecular weight excluding hydrogens is 202 g/mol. The Bertz CT molecular complexity index is 367. The molecule has 1 aromatic rings. The highest BCUT2D eigenvalue weighted by molar-refractivity contribution is 5.66. The van der Waals surface area contributed by atoms with Crippen molar-refractivity contribution in [3.8, 4) is 6.07 Å². The molecule has 0 amide bonds. The fourth-order valence-electron chi connectivity index (χ4n) is 1.51. The summed E-state index contributed by atoms with van der Waals surface area (Å²) in [7, 11) is 0. The van der Waals surface area contributed by atoms with Gasteiger partial charge in [0.05, 0.1) is 12.5 Å². The molecule has 3 nitrogen and oxygen atoms in total. The molecule has 16 heavy (non-hydrogen) atoms. The van der Waals surface area contributed by atoms with Crippen LogP contribution in [-0.4, -0.2) is 12.1 Å². The lowest BCUT2D eigenvalue weighted by Crippen LogP contribution is -2.16. The van der Waals surface area contributed by atoms with Crippen LogP contribution in [-0.2, 0) is 16.0 Å². The van der Waals surface area contributed by atoms with Crippen molar-refractivity contribution >= 4 is 5.97 Å². The zero-order chi connectivity index (χ0) is 11.8. The molecule has 0 bridgehead atoms. The van der Waals surface area contributed by atoms with Crippen LogP contribution >= 0.6 is 0 Å². The molecule has 0 unspecified atom stereocenters. The second-order valence-corrected chi connectivity index (χ2v) is 3.62. The first-order valence-corrected chi connectivity index (χ1v) is 5.30. The van der Waals surface area contributed by atoms with Crippen LogP contribution in [0.1, 0.15) is 25.3 Å². The Balaban J connectivity index is 2.44. The molecule has 0 spiro atoms. The number of ether oxygens (including phenoxy) is 1. The average molecular weight is 217 g/mol. The molecule has 0 saturated carbocycles. The third-order valence-electron chi connectivity index (χ3n) is 2.25. The third-order valence-corrected chi connectivity index (χ3v) is 2.25. The number of carbonyl (C=O) groups excluding carboxylic acids is 1. The maximum Gasteiger partial charge on any atom is 0.302 e. The first-order valence-electron chi connectivity index (χ1n) is 5.30. The van der Waals surface area contributed by atoms with E-state index < -0.39 is 0 Å². The van der Waals surface area contributed by atoms with E-state index in [0.717, 1.165) is 6.42 Å². The molecule has 0 saturated heterocycles. The van der Waals surface area contributed by atoms with Crippen molar-refractivity contribution in [3.05, 3.63) is 35.9 Å². The summed E-state index contributed by atoms with van der Waals surface area (Å²) in [6.45, 7) is 1.37. The molecule has 84 valence electrons. The SMILES string of the molecule is CC(=O)O[C@H](CC#N)CCc1ccccc1. The highest BCUT2D eigenvalue weighted by Gasteiger charge is 2.11. The Morgan fingerprint density at radius 1 is 1.44 bits per heavy atom. The zero-order valence-corrected chi connectivity index (χ0v) is 9.35. The van der Waals surface area contributed by atoms with Crippen molar-refractivity contribution < 1.29 is 9.53 Å². The Hall–Kier alpha value is -1.82. The van der Waals surface area contributed by atoms with E-state index in [4.69, 9.17) is 10.00 Å². The minimum Gasteiger partial charge on any atom is -0.461 e. The number of carbonyl (C=O) groups is 1. The maximum absolute atomic E-state index is 10.8. The summed E-state index contributed by atoms with van der Waals surface area (Å²) >= 11 is 0. The van der Waals surface area contributed by atoms with Gasteiger partial charge in [0.2, 0.25) is 0 Å². The standard InChI is InChI=1S/C13H15NO2/c1-11(15)16-13(9-10-14)8-7-12-5-3-2-4-6-12/h2-6,13H,7-9H2,1H3/t13-/m0/s1. The van der Waals surface area contributed by atoms with Crippen LogP contribution in [0.5, 0.6) is 0 Å². The lowest BCUT2D eigenvalue weighted by atomic mass is 10.1. The number of nitrogens with zero attached hydrogens (tertiary/aromatic N) is 1. The highest BCUT2D eigenvalue weighted by atomic mass is 16.5. The number of esters is 1. The number of hydrogen-bond acceptors (Lipinski definition) is 3. The van der Waals surface area contributed by atoms with E-state index in [1.165, 1.54) is 12.5 Å². The van der Waals surface area contributed by atoms with Gasteiger partial charge in [-0.05, 0) is 18.4 Å². The van der Waals surface area contributed by atoms with Gasteiger partial charge >= 0.3 is 5.97 Å². The fourth-order valence-corrected chi connectivity index (χ4v) is 1.51. The van der Waals surface area contributed by atoms with E-state index in [9.17, 15) is 4.79 Å². The van der Waals surface area contributed by atoms with E-state index in [1.807, 2.05) is 36.4 Å². The molecule has 0 N–H and O–H groups in total. The monoisotopic (exact) mass is 217 g/mol. The predicted octanol–water partition coefficient (Wildman–Crippen LogP) is 2.46. The Morgan fingerprint density at radius 3 is 2.69 bits per heavy atom. The van der Waals surface area contributed by atoms with Crippen molar-refractivity contribution in [2.24, 2.45) is 0 Å². The number of benzene rings is 1. The van der Waals surface area contributed by atoms with Crippen molar-refractivity contribution in [1.29, 1.82) is 5.26 Å². The molecule has 1 atom stereocenters. The third kappa shape index (κ3) is 4.61. The molecular formula is C13H15NO2. The molecule has 1 rings (SSSR count). The lowest BCUT2D eigenvalue weighted by Gasteiger charge is -2.13. The Labute approximate surface area is 95.7 Å². The van der Waals surface area contributed by atoms with Gasteiger partial charge in [-0.3, -0.25) is 4.79 Å². The number of nitriles is 1. The minimum atomic E-state index is -0.326. The van der Waals surface area contributed by atoms with Crippen molar-refractivity contribution in [2.45, 2.75) is 32.3 Å². The number of aryl methyl sites for hydroxylation is 1. The number of rotatable bonds is 5. The van der Waals surface area contributed by atoms with Gasteiger partial charge in [0.15, 0.2) is 0 Å². The molecule has 0 radical (unpaired) electrons. The Kier molecular flexibility index (Phi) is 5.07. The van der Waals surface area contributed by atoms with Gasteiger partial charge in [-0.25, -0.2) is 0 Å². The first-order chi connectivity index (χ1) is 7.72. The molecule has 0 heterocycles. The normalized spacial score (nSPS) is 11.5. The van der Waals surface area contributed by atoms with Crippen LogP contribution in [0.25, 0.3) is 0 Å². The summed E-state index contributed by atoms with van der Waals surface area (Å²) in [6.07, 6.45) is 1.48. The molecule has 1 aromatic carbocycles. The van der Waals surface area contributed by atoms with E-state index in [0.29, 0.717) is 6.42 Å². The second kappa shape index (κ2) is 6.62. The van der Waals surface area contributed by atoms with Crippen LogP contribution in [0.3, 0.4) is 0 Å². The summed E-state index contributed by atoms with van der Waals surface area (Å²) in [5.41, 5.74) is 1.19. The molecule has 3 heteroatoms. The Morgan fingerprint density at radius 2 is 2.12 bits per heavy atom. The van der Waals surface area contributed by atoms with Crippen molar-refractivity contribution in [1.82, 2.24) is 0 Å². The largest absolute Gasteiger partial charge is 0.461 e. The smallest absolute Gasteiger partial charge is 0.302 e. The van der Waals surface area contributed by atoms with Gasteiger partial charge in [-0.15, -0.1) is 0 Å². The molecule has 0 fully saturated rings. The molecule has 0 aliphatic carbocycles. The number of hydrogen-bond donors (Lipinski definition) is 0. The summed E-state index contributed by atoms with van der Waals surface area (Å²) in [5.74, 6) is -0.326. The minimum absolute atomic E-state index is 0.256. The van der Waals surface area contributed by atoms with E-state index in [2.05, 4.69) is 0 Å². The van der Waals surface area contributed by atoms with Gasteiger partial charge in [-0.1, -0.05) is 30.3 Å². The summed E-state index contributed by atoms with van der Waals surface area (Å²) in [5, 5.41) is 8.61. The molecule has 0 aromatic heterocycles.